The van der Waals surface area contributed by atoms with Crippen molar-refractivity contribution in [2.75, 3.05) is 0 Å². The molecule has 0 amide bonds. The number of carbonyl (C=O) groups is 2. The first-order valence-corrected chi connectivity index (χ1v) is 1.24. The van der Waals surface area contributed by atoms with Crippen molar-refractivity contribution in [3.63, 3.8) is 0 Å². The van der Waals surface area contributed by atoms with Gasteiger partial charge in [0, 0.05) is 0 Å². The van der Waals surface area contributed by atoms with Crippen LogP contribution in [0, 0.1) is 0 Å². The van der Waals surface area contributed by atoms with E-state index in [1.54, 1.807) is 0 Å². The average molecular weight is 244 g/mol. The van der Waals surface area contributed by atoms with Gasteiger partial charge in [-0.05, 0) is 6.16 Å². The van der Waals surface area contributed by atoms with Gasteiger partial charge >= 0.3 is 88.7 Å². The molecular weight excluding hydrogens is 237 g/mol. The standard InChI is InChI=1S/2CH2O3.3Na.3H2O/c2*2-1(3)4;;;;;;/h2*(H2,2,3,4);;;;3*1H2/q;;3*+1;;;/p-3. The second-order valence-corrected chi connectivity index (χ2v) is 0.516. The first-order valence-electron chi connectivity index (χ1n) is 1.24. The molecule has 0 aliphatic carbocycles. The summed E-state index contributed by atoms with van der Waals surface area (Å²) in [6, 6.07) is 0. The zero-order valence-electron chi connectivity index (χ0n) is 7.99. The van der Waals surface area contributed by atoms with Crippen LogP contribution in [0.5, 0.6) is 0 Å². The molecule has 0 fully saturated rings. The molecule has 0 rings (SSSR count). The van der Waals surface area contributed by atoms with Crippen molar-refractivity contribution in [2.45, 2.75) is 0 Å². The number of hydrogen-bond donors (Lipinski definition) is 1. The summed E-state index contributed by atoms with van der Waals surface area (Å²) in [7, 11) is 0. The summed E-state index contributed by atoms with van der Waals surface area (Å²) in [6.07, 6.45) is -4.42. The Morgan fingerprint density at radius 1 is 0.786 bits per heavy atom. The fourth-order valence-electron chi connectivity index (χ4n) is 0. The zero-order chi connectivity index (χ0) is 7.15. The zero-order valence-corrected chi connectivity index (χ0v) is 14.0. The van der Waals surface area contributed by atoms with E-state index >= 15 is 0 Å². The predicted octanol–water partition coefficient (Wildman–Crippen LogP) is -15.0. The first kappa shape index (κ1) is 58.2. The molecular formula is C2H7Na3O9. The van der Waals surface area contributed by atoms with Crippen LogP contribution in [-0.4, -0.2) is 33.8 Å². The number of carboxylic acid groups (broad SMARTS) is 4. The van der Waals surface area contributed by atoms with E-state index in [9.17, 15) is 0 Å². The first-order chi connectivity index (χ1) is 3.46. The van der Waals surface area contributed by atoms with E-state index in [0.29, 0.717) is 0 Å². The summed E-state index contributed by atoms with van der Waals surface area (Å²) in [5, 5.41) is 32.0. The van der Waals surface area contributed by atoms with Crippen molar-refractivity contribution in [1.82, 2.24) is 0 Å². The monoisotopic (exact) mass is 244 g/mol. The van der Waals surface area contributed by atoms with Gasteiger partial charge in [0.25, 0.3) is 0 Å². The minimum absolute atomic E-state index is 0. The van der Waals surface area contributed by atoms with Gasteiger partial charge < -0.3 is 46.4 Å². The quantitative estimate of drug-likeness (QED) is 0.407. The second-order valence-electron chi connectivity index (χ2n) is 0.516. The van der Waals surface area contributed by atoms with E-state index in [2.05, 4.69) is 0 Å². The third-order valence-corrected chi connectivity index (χ3v) is 0. The minimum Gasteiger partial charge on any atom is -0.652 e. The summed E-state index contributed by atoms with van der Waals surface area (Å²) in [5.74, 6) is 0. The molecule has 12 heteroatoms. The fourth-order valence-corrected chi connectivity index (χ4v) is 0. The van der Waals surface area contributed by atoms with Crippen LogP contribution < -0.4 is 104 Å². The van der Waals surface area contributed by atoms with E-state index < -0.39 is 12.3 Å². The van der Waals surface area contributed by atoms with Crippen molar-refractivity contribution < 1.29 is 135 Å². The number of hydrogen-bond acceptors (Lipinski definition) is 5. The summed E-state index contributed by atoms with van der Waals surface area (Å²) >= 11 is 0. The summed E-state index contributed by atoms with van der Waals surface area (Å²) in [4.78, 5) is 16.8. The molecule has 0 bridgehead atoms. The van der Waals surface area contributed by atoms with Crippen LogP contribution in [0.1, 0.15) is 0 Å². The Hall–Kier alpha value is 1.42. The molecule has 0 aromatic carbocycles. The Morgan fingerprint density at radius 3 is 0.786 bits per heavy atom. The van der Waals surface area contributed by atoms with Gasteiger partial charge in [0.15, 0.2) is 0 Å². The molecule has 0 spiro atoms. The van der Waals surface area contributed by atoms with Crippen molar-refractivity contribution in [2.24, 2.45) is 0 Å². The smallest absolute Gasteiger partial charge is 0.652 e. The molecule has 0 saturated carbocycles. The molecule has 9 nitrogen and oxygen atoms in total. The topological polar surface area (TPSA) is 218 Å². The van der Waals surface area contributed by atoms with E-state index in [4.69, 9.17) is 30.0 Å². The maximum atomic E-state index is 8.44. The van der Waals surface area contributed by atoms with E-state index in [1.165, 1.54) is 0 Å². The van der Waals surface area contributed by atoms with Crippen LogP contribution in [-0.2, 0) is 0 Å². The van der Waals surface area contributed by atoms with Crippen molar-refractivity contribution >= 4 is 12.3 Å². The Balaban J connectivity index is -0.00000000600. The fraction of sp³-hybridized carbons (Fsp3) is 0. The molecule has 0 radical (unpaired) electrons. The molecule has 0 heterocycles. The van der Waals surface area contributed by atoms with Crippen molar-refractivity contribution in [1.29, 1.82) is 0 Å². The second kappa shape index (κ2) is 47.2. The van der Waals surface area contributed by atoms with Gasteiger partial charge in [-0.15, -0.1) is 0 Å². The SMILES string of the molecule is O.O.O.O=C([O-])O.O=C([O-])[O-].[Na+].[Na+].[Na+]. The predicted molar refractivity (Wildman–Crippen MR) is 24.3 cm³/mol. The van der Waals surface area contributed by atoms with Crippen LogP contribution in [0.25, 0.3) is 0 Å². The van der Waals surface area contributed by atoms with Gasteiger partial charge in [-0.1, -0.05) is 0 Å². The minimum atomic E-state index is -2.33. The molecule has 0 aromatic heterocycles. The van der Waals surface area contributed by atoms with Crippen LogP contribution in [0.3, 0.4) is 0 Å². The van der Waals surface area contributed by atoms with Gasteiger partial charge in [-0.2, -0.15) is 0 Å². The van der Waals surface area contributed by atoms with Crippen LogP contribution in [0.2, 0.25) is 0 Å². The number of rotatable bonds is 0. The number of carbonyl (C=O) groups excluding carboxylic acids is 1. The van der Waals surface area contributed by atoms with Gasteiger partial charge in [0.05, 0.1) is 0 Å². The maximum Gasteiger partial charge on any atom is 1.00 e. The Labute approximate surface area is 145 Å². The van der Waals surface area contributed by atoms with Crippen LogP contribution >= 0.6 is 0 Å². The Morgan fingerprint density at radius 2 is 0.786 bits per heavy atom. The molecule has 0 aliphatic heterocycles. The normalized spacial score (nSPS) is 3.43. The molecule has 0 atom stereocenters. The van der Waals surface area contributed by atoms with E-state index in [-0.39, 0.29) is 105 Å². The van der Waals surface area contributed by atoms with E-state index in [0.717, 1.165) is 0 Å². The Kier molecular flexibility index (Phi) is 196. The van der Waals surface area contributed by atoms with Gasteiger partial charge in [-0.3, -0.25) is 0 Å². The maximum absolute atomic E-state index is 8.44. The third-order valence-electron chi connectivity index (χ3n) is 0. The van der Waals surface area contributed by atoms with Crippen LogP contribution in [0.4, 0.5) is 9.59 Å². The Bertz CT molecular complexity index is 76.1. The van der Waals surface area contributed by atoms with Crippen molar-refractivity contribution in [3.05, 3.63) is 0 Å². The molecule has 0 aromatic rings. The van der Waals surface area contributed by atoms with Crippen LogP contribution in [0.15, 0.2) is 0 Å². The van der Waals surface area contributed by atoms with Gasteiger partial charge in [0.2, 0.25) is 6.16 Å². The van der Waals surface area contributed by atoms with Gasteiger partial charge in [0.1, 0.15) is 0 Å². The summed E-state index contributed by atoms with van der Waals surface area (Å²) in [5.41, 5.74) is 0. The molecule has 0 saturated heterocycles. The van der Waals surface area contributed by atoms with Gasteiger partial charge in [-0.25, -0.2) is 0 Å². The molecule has 0 unspecified atom stereocenters. The third kappa shape index (κ3) is 1030. The summed E-state index contributed by atoms with van der Waals surface area (Å²) in [6.45, 7) is 0. The molecule has 0 aliphatic rings. The molecule has 7 N–H and O–H groups in total. The summed E-state index contributed by atoms with van der Waals surface area (Å²) < 4.78 is 0. The largest absolute Gasteiger partial charge is 1.00 e. The van der Waals surface area contributed by atoms with Crippen molar-refractivity contribution in [3.8, 4) is 0 Å². The average Bonchev–Trinajstić information content (AvgIpc) is 1.25. The molecule has 72 valence electrons. The molecule has 14 heavy (non-hydrogen) atoms. The van der Waals surface area contributed by atoms with E-state index in [1.807, 2.05) is 0 Å².